The van der Waals surface area contributed by atoms with Gasteiger partial charge in [-0.25, -0.2) is 0 Å². The van der Waals surface area contributed by atoms with Gasteiger partial charge in [-0.2, -0.15) is 0 Å². The normalized spacial score (nSPS) is 16.7. The minimum Gasteiger partial charge on any atom is -0.494 e. The molecule has 1 unspecified atom stereocenters. The Bertz CT molecular complexity index is 533. The molecule has 1 aliphatic rings. The topological polar surface area (TPSA) is 21.3 Å². The Morgan fingerprint density at radius 2 is 1.86 bits per heavy atom. The highest BCUT2D eigenvalue weighted by molar-refractivity contribution is 8.00. The maximum atomic E-state index is 5.68. The van der Waals surface area contributed by atoms with Gasteiger partial charge in [-0.3, -0.25) is 0 Å². The van der Waals surface area contributed by atoms with Crippen molar-refractivity contribution in [2.45, 2.75) is 23.0 Å². The summed E-state index contributed by atoms with van der Waals surface area (Å²) in [5, 5.41) is 4.23. The molecule has 2 nitrogen and oxygen atoms in total. The van der Waals surface area contributed by atoms with Crippen molar-refractivity contribution >= 4 is 11.8 Å². The van der Waals surface area contributed by atoms with Gasteiger partial charge in [0.2, 0.25) is 0 Å². The van der Waals surface area contributed by atoms with Crippen molar-refractivity contribution in [3.05, 3.63) is 60.2 Å². The largest absolute Gasteiger partial charge is 0.494 e. The van der Waals surface area contributed by atoms with Crippen molar-refractivity contribution in [2.75, 3.05) is 19.7 Å². The average Bonchev–Trinajstić information content (AvgIpc) is 2.94. The number of hydrogen-bond donors (Lipinski definition) is 1. The number of ether oxygens (including phenoxy) is 1. The van der Waals surface area contributed by atoms with E-state index in [1.165, 1.54) is 16.9 Å². The third-order valence-corrected chi connectivity index (χ3v) is 4.91. The Morgan fingerprint density at radius 1 is 1.05 bits per heavy atom. The maximum Gasteiger partial charge on any atom is 0.119 e. The lowest BCUT2D eigenvalue weighted by Crippen LogP contribution is -2.26. The fourth-order valence-corrected chi connectivity index (χ4v) is 3.82. The molecule has 110 valence electrons. The van der Waals surface area contributed by atoms with Crippen LogP contribution in [0.3, 0.4) is 0 Å². The summed E-state index contributed by atoms with van der Waals surface area (Å²) >= 11 is 2.00. The third kappa shape index (κ3) is 4.26. The molecule has 0 amide bonds. The van der Waals surface area contributed by atoms with Gasteiger partial charge in [0.15, 0.2) is 0 Å². The van der Waals surface area contributed by atoms with Gasteiger partial charge in [-0.05, 0) is 43.1 Å². The van der Waals surface area contributed by atoms with Crippen molar-refractivity contribution in [3.63, 3.8) is 0 Å². The lowest BCUT2D eigenvalue weighted by Gasteiger charge is -2.10. The van der Waals surface area contributed by atoms with Crippen LogP contribution in [0.1, 0.15) is 12.0 Å². The molecule has 0 saturated heterocycles. The SMILES string of the molecule is c1ccc(OCCCNCC2Cc3ccccc3S2)cc1. The molecule has 21 heavy (non-hydrogen) atoms. The van der Waals surface area contributed by atoms with Crippen molar-refractivity contribution < 1.29 is 4.74 Å². The van der Waals surface area contributed by atoms with Crippen LogP contribution in [-0.2, 0) is 6.42 Å². The van der Waals surface area contributed by atoms with Gasteiger partial charge in [-0.15, -0.1) is 11.8 Å². The first kappa shape index (κ1) is 14.5. The molecule has 1 heterocycles. The van der Waals surface area contributed by atoms with Crippen LogP contribution in [0, 0.1) is 0 Å². The third-order valence-electron chi connectivity index (χ3n) is 3.60. The minimum atomic E-state index is 0.678. The summed E-state index contributed by atoms with van der Waals surface area (Å²) < 4.78 is 5.68. The summed E-state index contributed by atoms with van der Waals surface area (Å²) in [4.78, 5) is 1.46. The fraction of sp³-hybridized carbons (Fsp3) is 0.333. The number of para-hydroxylation sites is 1. The quantitative estimate of drug-likeness (QED) is 0.787. The molecule has 0 bridgehead atoms. The number of rotatable bonds is 7. The van der Waals surface area contributed by atoms with Crippen LogP contribution in [0.2, 0.25) is 0 Å². The lowest BCUT2D eigenvalue weighted by molar-refractivity contribution is 0.308. The number of benzene rings is 2. The number of thioether (sulfide) groups is 1. The zero-order chi connectivity index (χ0) is 14.3. The molecule has 0 radical (unpaired) electrons. The van der Waals surface area contributed by atoms with E-state index in [-0.39, 0.29) is 0 Å². The first-order chi connectivity index (χ1) is 10.4. The number of nitrogens with one attached hydrogen (secondary N) is 1. The summed E-state index contributed by atoms with van der Waals surface area (Å²) in [7, 11) is 0. The van der Waals surface area contributed by atoms with Gasteiger partial charge in [-0.1, -0.05) is 36.4 Å². The Hall–Kier alpha value is -1.45. The van der Waals surface area contributed by atoms with E-state index in [4.69, 9.17) is 4.74 Å². The second-order valence-electron chi connectivity index (χ2n) is 5.27. The first-order valence-corrected chi connectivity index (χ1v) is 8.43. The second kappa shape index (κ2) is 7.53. The van der Waals surface area contributed by atoms with Crippen molar-refractivity contribution in [3.8, 4) is 5.75 Å². The van der Waals surface area contributed by atoms with Gasteiger partial charge < -0.3 is 10.1 Å². The molecule has 1 atom stereocenters. The van der Waals surface area contributed by atoms with Crippen LogP contribution in [0.4, 0.5) is 0 Å². The van der Waals surface area contributed by atoms with Crippen molar-refractivity contribution in [1.82, 2.24) is 5.32 Å². The van der Waals surface area contributed by atoms with Gasteiger partial charge >= 0.3 is 0 Å². The molecule has 2 aromatic carbocycles. The van der Waals surface area contributed by atoms with Crippen molar-refractivity contribution in [1.29, 1.82) is 0 Å². The number of fused-ring (bicyclic) bond motifs is 1. The molecule has 3 heteroatoms. The number of hydrogen-bond acceptors (Lipinski definition) is 3. The summed E-state index contributed by atoms with van der Waals surface area (Å²) in [6, 6.07) is 18.7. The molecule has 1 N–H and O–H groups in total. The average molecular weight is 299 g/mol. The molecule has 0 saturated carbocycles. The minimum absolute atomic E-state index is 0.678. The molecule has 1 aliphatic heterocycles. The van der Waals surface area contributed by atoms with Crippen LogP contribution in [0.5, 0.6) is 5.75 Å². The monoisotopic (exact) mass is 299 g/mol. The highest BCUT2D eigenvalue weighted by Gasteiger charge is 2.20. The smallest absolute Gasteiger partial charge is 0.119 e. The van der Waals surface area contributed by atoms with E-state index in [9.17, 15) is 0 Å². The van der Waals surface area contributed by atoms with Crippen LogP contribution < -0.4 is 10.1 Å². The van der Waals surface area contributed by atoms with Gasteiger partial charge in [0.05, 0.1) is 6.61 Å². The predicted molar refractivity (Wildman–Crippen MR) is 89.2 cm³/mol. The summed E-state index contributed by atoms with van der Waals surface area (Å²) in [6.07, 6.45) is 2.23. The standard InChI is InChI=1S/C18H21NOS/c1-2-8-16(9-3-1)20-12-6-11-19-14-17-13-15-7-4-5-10-18(15)21-17/h1-5,7-10,17,19H,6,11-14H2. The van der Waals surface area contributed by atoms with E-state index >= 15 is 0 Å². The first-order valence-electron chi connectivity index (χ1n) is 7.55. The van der Waals surface area contributed by atoms with E-state index in [2.05, 4.69) is 29.6 Å². The van der Waals surface area contributed by atoms with E-state index in [1.807, 2.05) is 42.1 Å². The van der Waals surface area contributed by atoms with E-state index in [1.54, 1.807) is 0 Å². The highest BCUT2D eigenvalue weighted by atomic mass is 32.2. The van der Waals surface area contributed by atoms with Crippen LogP contribution in [0.25, 0.3) is 0 Å². The Balaban J connectivity index is 1.28. The zero-order valence-corrected chi connectivity index (χ0v) is 12.9. The molecule has 0 aliphatic carbocycles. The van der Waals surface area contributed by atoms with E-state index in [0.29, 0.717) is 5.25 Å². The summed E-state index contributed by atoms with van der Waals surface area (Å²) in [5.41, 5.74) is 1.50. The van der Waals surface area contributed by atoms with E-state index < -0.39 is 0 Å². The lowest BCUT2D eigenvalue weighted by atomic mass is 10.1. The molecule has 3 rings (SSSR count). The Morgan fingerprint density at radius 3 is 2.71 bits per heavy atom. The zero-order valence-electron chi connectivity index (χ0n) is 12.1. The van der Waals surface area contributed by atoms with Crippen molar-refractivity contribution in [2.24, 2.45) is 0 Å². The Labute approximate surface area is 130 Å². The van der Waals surface area contributed by atoms with Gasteiger partial charge in [0.25, 0.3) is 0 Å². The molecular weight excluding hydrogens is 278 g/mol. The van der Waals surface area contributed by atoms with Crippen LogP contribution in [-0.4, -0.2) is 24.9 Å². The van der Waals surface area contributed by atoms with Gasteiger partial charge in [0, 0.05) is 16.7 Å². The maximum absolute atomic E-state index is 5.68. The second-order valence-corrected chi connectivity index (χ2v) is 6.61. The van der Waals surface area contributed by atoms with Crippen LogP contribution >= 0.6 is 11.8 Å². The van der Waals surface area contributed by atoms with Crippen LogP contribution in [0.15, 0.2) is 59.5 Å². The molecule has 0 fully saturated rings. The summed E-state index contributed by atoms with van der Waals surface area (Å²) in [5.74, 6) is 0.958. The Kier molecular flexibility index (Phi) is 5.19. The fourth-order valence-electron chi connectivity index (χ4n) is 2.53. The predicted octanol–water partition coefficient (Wildman–Crippen LogP) is 3.76. The van der Waals surface area contributed by atoms with E-state index in [0.717, 1.165) is 31.9 Å². The molecule has 0 spiro atoms. The van der Waals surface area contributed by atoms with Gasteiger partial charge in [0.1, 0.15) is 5.75 Å². The molecule has 0 aromatic heterocycles. The highest BCUT2D eigenvalue weighted by Crippen LogP contribution is 2.36. The molecule has 2 aromatic rings. The molecular formula is C18H21NOS. The summed E-state index contributed by atoms with van der Waals surface area (Å²) in [6.45, 7) is 2.86.